The summed E-state index contributed by atoms with van der Waals surface area (Å²) >= 11 is 0. The highest BCUT2D eigenvalue weighted by molar-refractivity contribution is 5.86. The molecule has 3 heterocycles. The molecular formula is C14H15F3N6O. The zero-order valence-electron chi connectivity index (χ0n) is 12.6. The summed E-state index contributed by atoms with van der Waals surface area (Å²) in [5.41, 5.74) is 0.0178. The van der Waals surface area contributed by atoms with Gasteiger partial charge in [0.25, 0.3) is 5.82 Å². The molecule has 1 saturated carbocycles. The molecule has 2 fully saturated rings. The molecule has 4 rings (SSSR count). The summed E-state index contributed by atoms with van der Waals surface area (Å²) < 4.78 is 39.6. The van der Waals surface area contributed by atoms with Crippen LogP contribution in [-0.2, 0) is 11.0 Å². The van der Waals surface area contributed by atoms with Crippen LogP contribution >= 0.6 is 0 Å². The van der Waals surface area contributed by atoms with Crippen molar-refractivity contribution in [2.24, 2.45) is 0 Å². The summed E-state index contributed by atoms with van der Waals surface area (Å²) in [6.45, 7) is 0.574. The number of amides is 1. The van der Waals surface area contributed by atoms with Crippen molar-refractivity contribution < 1.29 is 18.0 Å². The SMILES string of the molecule is O=C(NC1CC1)[C@H]1CCCN1c1ccc2nnc(C(F)(F)F)n2n1. The number of alkyl halides is 3. The first-order chi connectivity index (χ1) is 11.4. The van der Waals surface area contributed by atoms with Crippen LogP contribution in [0, 0.1) is 0 Å². The lowest BCUT2D eigenvalue weighted by molar-refractivity contribution is -0.146. The maximum absolute atomic E-state index is 13.0. The van der Waals surface area contributed by atoms with Gasteiger partial charge in [0, 0.05) is 12.6 Å². The molecule has 1 aliphatic heterocycles. The Hall–Kier alpha value is -2.39. The lowest BCUT2D eigenvalue weighted by Gasteiger charge is -2.24. The highest BCUT2D eigenvalue weighted by Crippen LogP contribution is 2.29. The monoisotopic (exact) mass is 340 g/mol. The minimum atomic E-state index is -4.64. The molecule has 1 amide bonds. The molecule has 2 aromatic heterocycles. The number of hydrogen-bond donors (Lipinski definition) is 1. The molecule has 0 unspecified atom stereocenters. The van der Waals surface area contributed by atoms with Crippen molar-refractivity contribution in [1.29, 1.82) is 0 Å². The minimum absolute atomic E-state index is 0.0178. The summed E-state index contributed by atoms with van der Waals surface area (Å²) in [4.78, 5) is 14.1. The third-order valence-corrected chi connectivity index (χ3v) is 4.28. The van der Waals surface area contributed by atoms with E-state index in [2.05, 4.69) is 20.6 Å². The fourth-order valence-corrected chi connectivity index (χ4v) is 2.95. The van der Waals surface area contributed by atoms with Crippen LogP contribution in [0.4, 0.5) is 19.0 Å². The van der Waals surface area contributed by atoms with Gasteiger partial charge in [-0.25, -0.2) is 0 Å². The Morgan fingerprint density at radius 3 is 2.71 bits per heavy atom. The van der Waals surface area contributed by atoms with Gasteiger partial charge in [0.2, 0.25) is 5.91 Å². The Labute approximate surface area is 134 Å². The average molecular weight is 340 g/mol. The zero-order valence-corrected chi connectivity index (χ0v) is 12.6. The number of fused-ring (bicyclic) bond motifs is 1. The number of nitrogens with zero attached hydrogens (tertiary/aromatic N) is 5. The summed E-state index contributed by atoms with van der Waals surface area (Å²) in [6.07, 6.45) is -1.22. The molecular weight excluding hydrogens is 325 g/mol. The van der Waals surface area contributed by atoms with Gasteiger partial charge in [-0.2, -0.15) is 17.7 Å². The molecule has 10 heteroatoms. The Bertz CT molecular complexity index is 784. The van der Waals surface area contributed by atoms with Crippen LogP contribution in [0.3, 0.4) is 0 Å². The molecule has 1 atom stereocenters. The van der Waals surface area contributed by atoms with E-state index in [9.17, 15) is 18.0 Å². The van der Waals surface area contributed by atoms with E-state index in [1.54, 1.807) is 11.0 Å². The van der Waals surface area contributed by atoms with E-state index in [0.29, 0.717) is 23.3 Å². The lowest BCUT2D eigenvalue weighted by Crippen LogP contribution is -2.44. The van der Waals surface area contributed by atoms with Gasteiger partial charge in [0.1, 0.15) is 11.9 Å². The normalized spacial score (nSPS) is 21.5. The van der Waals surface area contributed by atoms with Crippen molar-refractivity contribution in [3.05, 3.63) is 18.0 Å². The van der Waals surface area contributed by atoms with Crippen LogP contribution in [0.1, 0.15) is 31.5 Å². The standard InChI is InChI=1S/C14H15F3N6O/c15-14(16,17)13-20-19-10-5-6-11(21-23(10)13)22-7-1-2-9(22)12(24)18-8-3-4-8/h5-6,8-9H,1-4,7H2,(H,18,24)/t9-/m1/s1. The smallest absolute Gasteiger partial charge is 0.352 e. The first-order valence-corrected chi connectivity index (χ1v) is 7.80. The Balaban J connectivity index is 1.66. The van der Waals surface area contributed by atoms with Crippen LogP contribution in [-0.4, -0.2) is 44.3 Å². The third-order valence-electron chi connectivity index (χ3n) is 4.28. The molecule has 0 bridgehead atoms. The number of aromatic nitrogens is 4. The van der Waals surface area contributed by atoms with Crippen LogP contribution in [0.25, 0.3) is 5.65 Å². The quantitative estimate of drug-likeness (QED) is 0.914. The molecule has 2 aromatic rings. The van der Waals surface area contributed by atoms with E-state index in [4.69, 9.17) is 0 Å². The van der Waals surface area contributed by atoms with Crippen LogP contribution < -0.4 is 10.2 Å². The van der Waals surface area contributed by atoms with Crippen molar-refractivity contribution in [2.75, 3.05) is 11.4 Å². The molecule has 7 nitrogen and oxygen atoms in total. The van der Waals surface area contributed by atoms with E-state index in [0.717, 1.165) is 19.3 Å². The molecule has 24 heavy (non-hydrogen) atoms. The fourth-order valence-electron chi connectivity index (χ4n) is 2.95. The molecule has 1 saturated heterocycles. The molecule has 0 aromatic carbocycles. The number of carbonyl (C=O) groups excluding carboxylic acids is 1. The Kier molecular flexibility index (Phi) is 3.36. The van der Waals surface area contributed by atoms with Gasteiger partial charge in [-0.1, -0.05) is 0 Å². The van der Waals surface area contributed by atoms with Crippen molar-refractivity contribution in [3.8, 4) is 0 Å². The van der Waals surface area contributed by atoms with Gasteiger partial charge in [-0.15, -0.1) is 15.3 Å². The third kappa shape index (κ3) is 2.65. The van der Waals surface area contributed by atoms with Crippen molar-refractivity contribution in [2.45, 2.75) is 43.9 Å². The van der Waals surface area contributed by atoms with Gasteiger partial charge in [0.05, 0.1) is 0 Å². The van der Waals surface area contributed by atoms with E-state index in [1.165, 1.54) is 6.07 Å². The summed E-state index contributed by atoms with van der Waals surface area (Å²) in [5.74, 6) is -0.935. The van der Waals surface area contributed by atoms with E-state index < -0.39 is 18.0 Å². The first-order valence-electron chi connectivity index (χ1n) is 7.80. The number of rotatable bonds is 3. The van der Waals surface area contributed by atoms with Crippen molar-refractivity contribution >= 4 is 17.4 Å². The second-order valence-corrected chi connectivity index (χ2v) is 6.12. The maximum Gasteiger partial charge on any atom is 0.453 e. The van der Waals surface area contributed by atoms with Gasteiger partial charge < -0.3 is 10.2 Å². The molecule has 1 aliphatic carbocycles. The predicted octanol–water partition coefficient (Wildman–Crippen LogP) is 1.39. The highest BCUT2D eigenvalue weighted by Gasteiger charge is 2.39. The van der Waals surface area contributed by atoms with Crippen molar-refractivity contribution in [1.82, 2.24) is 25.1 Å². The van der Waals surface area contributed by atoms with Gasteiger partial charge >= 0.3 is 6.18 Å². The van der Waals surface area contributed by atoms with E-state index in [1.807, 2.05) is 0 Å². The van der Waals surface area contributed by atoms with Gasteiger partial charge in [0.15, 0.2) is 5.65 Å². The predicted molar refractivity (Wildman–Crippen MR) is 77.3 cm³/mol. The second kappa shape index (κ2) is 5.32. The highest BCUT2D eigenvalue weighted by atomic mass is 19.4. The second-order valence-electron chi connectivity index (χ2n) is 6.12. The Morgan fingerprint density at radius 1 is 1.21 bits per heavy atom. The first kappa shape index (κ1) is 15.2. The fraction of sp³-hybridized carbons (Fsp3) is 0.571. The minimum Gasteiger partial charge on any atom is -0.352 e. The molecule has 1 N–H and O–H groups in total. The number of carbonyl (C=O) groups is 1. The summed E-state index contributed by atoms with van der Waals surface area (Å²) in [5, 5.41) is 13.6. The number of anilines is 1. The van der Waals surface area contributed by atoms with Gasteiger partial charge in [-0.3, -0.25) is 4.79 Å². The summed E-state index contributed by atoms with van der Waals surface area (Å²) in [7, 11) is 0. The number of nitrogens with one attached hydrogen (secondary N) is 1. The van der Waals surface area contributed by atoms with Crippen LogP contribution in [0.5, 0.6) is 0 Å². The lowest BCUT2D eigenvalue weighted by atomic mass is 10.2. The molecule has 2 aliphatic rings. The molecule has 0 spiro atoms. The average Bonchev–Trinajstić information content (AvgIpc) is 3.04. The van der Waals surface area contributed by atoms with E-state index in [-0.39, 0.29) is 17.6 Å². The molecule has 128 valence electrons. The zero-order chi connectivity index (χ0) is 16.9. The van der Waals surface area contributed by atoms with Gasteiger partial charge in [-0.05, 0) is 37.8 Å². The number of halogens is 3. The topological polar surface area (TPSA) is 75.4 Å². The maximum atomic E-state index is 13.0. The van der Waals surface area contributed by atoms with Crippen LogP contribution in [0.2, 0.25) is 0 Å². The van der Waals surface area contributed by atoms with Crippen molar-refractivity contribution in [3.63, 3.8) is 0 Å². The molecule has 0 radical (unpaired) electrons. The Morgan fingerprint density at radius 2 is 2.00 bits per heavy atom. The van der Waals surface area contributed by atoms with E-state index >= 15 is 0 Å². The van der Waals surface area contributed by atoms with Crippen LogP contribution in [0.15, 0.2) is 12.1 Å². The summed E-state index contributed by atoms with van der Waals surface area (Å²) in [6, 6.07) is 2.84. The number of hydrogen-bond acceptors (Lipinski definition) is 5. The largest absolute Gasteiger partial charge is 0.453 e.